The van der Waals surface area contributed by atoms with Gasteiger partial charge in [0, 0.05) is 6.42 Å². The Balaban J connectivity index is 0.000001000. The minimum absolute atomic E-state index is 0. The third-order valence-corrected chi connectivity index (χ3v) is 1.35. The standard InChI is InChI=1S/C8H10O2/c1-2-7(9)6-8-4-3-5-10-8/h3-5H,2,6H2,1H3/p+1. The molecule has 0 fully saturated rings. The molecule has 0 aliphatic rings. The molecule has 2 heteroatoms. The Labute approximate surface area is 61.3 Å². The van der Waals surface area contributed by atoms with E-state index in [1.54, 1.807) is 12.3 Å². The van der Waals surface area contributed by atoms with Gasteiger partial charge < -0.3 is 4.42 Å². The minimum Gasteiger partial charge on any atom is -0.469 e. The molecule has 0 atom stereocenters. The lowest BCUT2D eigenvalue weighted by atomic mass is 10.2. The second-order valence-corrected chi connectivity index (χ2v) is 2.15. The van der Waals surface area contributed by atoms with E-state index < -0.39 is 0 Å². The lowest BCUT2D eigenvalue weighted by Crippen LogP contribution is -1.98. The highest BCUT2D eigenvalue weighted by Crippen LogP contribution is 2.02. The molecule has 0 radical (unpaired) electrons. The summed E-state index contributed by atoms with van der Waals surface area (Å²) in [6.45, 7) is 1.85. The van der Waals surface area contributed by atoms with Crippen molar-refractivity contribution in [1.29, 1.82) is 0 Å². The fraction of sp³-hybridized carbons (Fsp3) is 0.375. The average molecular weight is 139 g/mol. The first-order valence-electron chi connectivity index (χ1n) is 3.37. The highest BCUT2D eigenvalue weighted by Gasteiger charge is 2.01. The van der Waals surface area contributed by atoms with E-state index in [1.165, 1.54) is 0 Å². The number of hydrogen-bond donors (Lipinski definition) is 0. The molecule has 1 heterocycles. The molecule has 10 heavy (non-hydrogen) atoms. The Morgan fingerprint density at radius 3 is 3.10 bits per heavy atom. The van der Waals surface area contributed by atoms with Gasteiger partial charge in [0.05, 0.1) is 12.7 Å². The zero-order chi connectivity index (χ0) is 7.40. The third-order valence-electron chi connectivity index (χ3n) is 1.35. The van der Waals surface area contributed by atoms with E-state index >= 15 is 0 Å². The summed E-state index contributed by atoms with van der Waals surface area (Å²) in [5.74, 6) is 0.974. The number of furan rings is 1. The van der Waals surface area contributed by atoms with Crippen LogP contribution in [-0.2, 0) is 11.2 Å². The van der Waals surface area contributed by atoms with Crippen LogP contribution in [0.15, 0.2) is 22.8 Å². The summed E-state index contributed by atoms with van der Waals surface area (Å²) in [4.78, 5) is 10.8. The molecule has 0 saturated carbocycles. The normalized spacial score (nSPS) is 9.70. The van der Waals surface area contributed by atoms with Gasteiger partial charge in [0.2, 0.25) is 0 Å². The summed E-state index contributed by atoms with van der Waals surface area (Å²) in [5.41, 5.74) is 0. The van der Waals surface area contributed by atoms with Gasteiger partial charge in [-0.15, -0.1) is 0 Å². The van der Waals surface area contributed by atoms with Crippen molar-refractivity contribution in [2.24, 2.45) is 0 Å². The molecule has 1 aromatic heterocycles. The monoisotopic (exact) mass is 139 g/mol. The fourth-order valence-corrected chi connectivity index (χ4v) is 0.732. The summed E-state index contributed by atoms with van der Waals surface area (Å²) >= 11 is 0. The van der Waals surface area contributed by atoms with Gasteiger partial charge in [0.1, 0.15) is 11.5 Å². The van der Waals surface area contributed by atoms with Crippen molar-refractivity contribution >= 4 is 5.78 Å². The Hall–Kier alpha value is -1.05. The quantitative estimate of drug-likeness (QED) is 0.640. The molecular weight excluding hydrogens is 128 g/mol. The van der Waals surface area contributed by atoms with Crippen LogP contribution in [0.3, 0.4) is 0 Å². The molecule has 54 valence electrons. The Bertz CT molecular complexity index is 204. The van der Waals surface area contributed by atoms with E-state index in [0.29, 0.717) is 12.8 Å². The maximum absolute atomic E-state index is 10.8. The first-order valence-corrected chi connectivity index (χ1v) is 3.37. The zero-order valence-electron chi connectivity index (χ0n) is 6.96. The SMILES string of the molecule is CCC(=O)Cc1ccco1.[H+]. The predicted octanol–water partition coefficient (Wildman–Crippen LogP) is 1.91. The van der Waals surface area contributed by atoms with Gasteiger partial charge in [-0.25, -0.2) is 0 Å². The van der Waals surface area contributed by atoms with E-state index in [9.17, 15) is 4.79 Å². The van der Waals surface area contributed by atoms with Crippen molar-refractivity contribution in [1.82, 2.24) is 0 Å². The van der Waals surface area contributed by atoms with Gasteiger partial charge in [-0.2, -0.15) is 0 Å². The smallest absolute Gasteiger partial charge is 0.469 e. The van der Waals surface area contributed by atoms with E-state index in [1.807, 2.05) is 13.0 Å². The van der Waals surface area contributed by atoms with E-state index in [0.717, 1.165) is 5.76 Å². The molecule has 0 bridgehead atoms. The summed E-state index contributed by atoms with van der Waals surface area (Å²) in [5, 5.41) is 0. The Morgan fingerprint density at radius 1 is 1.80 bits per heavy atom. The average Bonchev–Trinajstić information content (AvgIpc) is 2.40. The summed E-state index contributed by atoms with van der Waals surface area (Å²) in [6, 6.07) is 3.60. The van der Waals surface area contributed by atoms with Gasteiger partial charge in [0.25, 0.3) is 0 Å². The van der Waals surface area contributed by atoms with Crippen LogP contribution < -0.4 is 0 Å². The van der Waals surface area contributed by atoms with Crippen LogP contribution >= 0.6 is 0 Å². The number of carbonyl (C=O) groups excluding carboxylic acids is 1. The molecule has 0 amide bonds. The largest absolute Gasteiger partial charge is 1.00 e. The maximum Gasteiger partial charge on any atom is 1.00 e. The molecule has 0 unspecified atom stereocenters. The van der Waals surface area contributed by atoms with Crippen LogP contribution in [0.25, 0.3) is 0 Å². The summed E-state index contributed by atoms with van der Waals surface area (Å²) < 4.78 is 4.99. The van der Waals surface area contributed by atoms with Gasteiger partial charge in [-0.3, -0.25) is 4.79 Å². The highest BCUT2D eigenvalue weighted by molar-refractivity contribution is 5.79. The Kier molecular flexibility index (Phi) is 2.26. The second-order valence-electron chi connectivity index (χ2n) is 2.15. The summed E-state index contributed by atoms with van der Waals surface area (Å²) in [6.07, 6.45) is 2.60. The molecule has 1 rings (SSSR count). The molecule has 0 spiro atoms. The van der Waals surface area contributed by atoms with Crippen molar-refractivity contribution in [2.75, 3.05) is 0 Å². The first-order chi connectivity index (χ1) is 4.83. The van der Waals surface area contributed by atoms with Crippen LogP contribution in [0, 0.1) is 0 Å². The predicted molar refractivity (Wildman–Crippen MR) is 38.8 cm³/mol. The van der Waals surface area contributed by atoms with E-state index in [-0.39, 0.29) is 7.21 Å². The van der Waals surface area contributed by atoms with Gasteiger partial charge in [0.15, 0.2) is 0 Å². The van der Waals surface area contributed by atoms with E-state index in [4.69, 9.17) is 4.42 Å². The number of rotatable bonds is 3. The van der Waals surface area contributed by atoms with Crippen LogP contribution in [0.2, 0.25) is 0 Å². The number of ketones is 1. The molecule has 0 N–H and O–H groups in total. The van der Waals surface area contributed by atoms with Crippen molar-refractivity contribution in [2.45, 2.75) is 19.8 Å². The topological polar surface area (TPSA) is 30.2 Å². The molecule has 2 nitrogen and oxygen atoms in total. The van der Waals surface area contributed by atoms with Crippen molar-refractivity contribution in [3.8, 4) is 0 Å². The molecule has 0 saturated heterocycles. The van der Waals surface area contributed by atoms with Crippen molar-refractivity contribution in [3.63, 3.8) is 0 Å². The zero-order valence-corrected chi connectivity index (χ0v) is 5.96. The number of Topliss-reactive ketones (excluding diaryl/α,β-unsaturated/α-hetero) is 1. The van der Waals surface area contributed by atoms with Gasteiger partial charge in [-0.1, -0.05) is 6.92 Å². The lowest BCUT2D eigenvalue weighted by molar-refractivity contribution is -0.118. The number of hydrogen-bond acceptors (Lipinski definition) is 2. The Morgan fingerprint density at radius 2 is 2.60 bits per heavy atom. The minimum atomic E-state index is 0. The van der Waals surface area contributed by atoms with Gasteiger partial charge >= 0.3 is 1.43 Å². The van der Waals surface area contributed by atoms with Crippen molar-refractivity contribution < 1.29 is 10.6 Å². The van der Waals surface area contributed by atoms with Gasteiger partial charge in [-0.05, 0) is 12.1 Å². The second kappa shape index (κ2) is 3.20. The maximum atomic E-state index is 10.8. The van der Waals surface area contributed by atoms with Crippen LogP contribution in [0.4, 0.5) is 0 Å². The number of carbonyl (C=O) groups is 1. The molecule has 0 aliphatic heterocycles. The lowest BCUT2D eigenvalue weighted by Gasteiger charge is -1.90. The molecular formula is C8H11O2+. The fourth-order valence-electron chi connectivity index (χ4n) is 0.732. The molecule has 0 aromatic carbocycles. The van der Waals surface area contributed by atoms with Crippen LogP contribution in [-0.4, -0.2) is 5.78 Å². The molecule has 1 aromatic rings. The third kappa shape index (κ3) is 1.72. The summed E-state index contributed by atoms with van der Waals surface area (Å²) in [7, 11) is 0. The highest BCUT2D eigenvalue weighted by atomic mass is 16.3. The first kappa shape index (κ1) is 7.06. The van der Waals surface area contributed by atoms with Crippen LogP contribution in [0.5, 0.6) is 0 Å². The molecule has 0 aliphatic carbocycles. The van der Waals surface area contributed by atoms with Crippen molar-refractivity contribution in [3.05, 3.63) is 24.2 Å². The van der Waals surface area contributed by atoms with E-state index in [2.05, 4.69) is 0 Å². The van der Waals surface area contributed by atoms with Crippen LogP contribution in [0.1, 0.15) is 20.5 Å².